The second-order valence-corrected chi connectivity index (χ2v) is 7.94. The molecule has 0 aliphatic carbocycles. The van der Waals surface area contributed by atoms with Crippen molar-refractivity contribution < 1.29 is 17.6 Å². The molecule has 0 amide bonds. The first kappa shape index (κ1) is 22.5. The molecule has 0 fully saturated rings. The van der Waals surface area contributed by atoms with Crippen LogP contribution in [-0.2, 0) is 12.7 Å². The molecule has 8 heteroatoms. The van der Waals surface area contributed by atoms with Crippen molar-refractivity contribution in [3.05, 3.63) is 108 Å². The van der Waals surface area contributed by atoms with Crippen LogP contribution in [0, 0.1) is 5.82 Å². The SMILES string of the molecule is Fc1cccc(-c2cc3ccnc(NCc4ccc(-c5ccnc(C(F)(F)F)c5)cc4)c3cn2)c1. The molecular formula is C27H18F4N4. The first-order valence-electron chi connectivity index (χ1n) is 10.7. The van der Waals surface area contributed by atoms with Gasteiger partial charge in [0.25, 0.3) is 0 Å². The fraction of sp³-hybridized carbons (Fsp3) is 0.0741. The highest BCUT2D eigenvalue weighted by atomic mass is 19.4. The minimum atomic E-state index is -4.49. The van der Waals surface area contributed by atoms with E-state index in [0.717, 1.165) is 28.6 Å². The quantitative estimate of drug-likeness (QED) is 0.275. The summed E-state index contributed by atoms with van der Waals surface area (Å²) >= 11 is 0. The maximum atomic E-state index is 13.6. The molecule has 174 valence electrons. The van der Waals surface area contributed by atoms with E-state index in [4.69, 9.17) is 0 Å². The van der Waals surface area contributed by atoms with Crippen molar-refractivity contribution in [2.45, 2.75) is 12.7 Å². The summed E-state index contributed by atoms with van der Waals surface area (Å²) in [6, 6.07) is 19.9. The third-order valence-corrected chi connectivity index (χ3v) is 5.57. The van der Waals surface area contributed by atoms with Gasteiger partial charge in [-0.1, -0.05) is 36.4 Å². The maximum absolute atomic E-state index is 13.6. The van der Waals surface area contributed by atoms with Crippen molar-refractivity contribution in [2.75, 3.05) is 5.32 Å². The minimum Gasteiger partial charge on any atom is -0.365 e. The molecule has 5 rings (SSSR count). The van der Waals surface area contributed by atoms with E-state index in [-0.39, 0.29) is 5.82 Å². The van der Waals surface area contributed by atoms with Crippen LogP contribution in [0.15, 0.2) is 91.4 Å². The molecule has 4 nitrogen and oxygen atoms in total. The fourth-order valence-electron chi connectivity index (χ4n) is 3.78. The van der Waals surface area contributed by atoms with Crippen LogP contribution in [-0.4, -0.2) is 15.0 Å². The Hall–Kier alpha value is -4.33. The number of hydrogen-bond donors (Lipinski definition) is 1. The van der Waals surface area contributed by atoms with Crippen molar-refractivity contribution in [1.29, 1.82) is 0 Å². The number of nitrogens with zero attached hydrogens (tertiary/aromatic N) is 3. The molecular weight excluding hydrogens is 456 g/mol. The molecule has 0 aliphatic heterocycles. The van der Waals surface area contributed by atoms with E-state index in [2.05, 4.69) is 20.3 Å². The average molecular weight is 474 g/mol. The lowest BCUT2D eigenvalue weighted by molar-refractivity contribution is -0.141. The maximum Gasteiger partial charge on any atom is 0.433 e. The van der Waals surface area contributed by atoms with Gasteiger partial charge in [-0.15, -0.1) is 0 Å². The Morgan fingerprint density at radius 3 is 2.31 bits per heavy atom. The van der Waals surface area contributed by atoms with E-state index in [1.807, 2.05) is 24.3 Å². The molecule has 0 unspecified atom stereocenters. The lowest BCUT2D eigenvalue weighted by Crippen LogP contribution is -2.07. The number of fused-ring (bicyclic) bond motifs is 1. The third kappa shape index (κ3) is 4.96. The second-order valence-electron chi connectivity index (χ2n) is 7.94. The van der Waals surface area contributed by atoms with Gasteiger partial charge in [-0.05, 0) is 58.5 Å². The molecule has 0 saturated carbocycles. The number of hydrogen-bond acceptors (Lipinski definition) is 4. The van der Waals surface area contributed by atoms with Crippen LogP contribution in [0.25, 0.3) is 33.2 Å². The Kier molecular flexibility index (Phi) is 5.86. The summed E-state index contributed by atoms with van der Waals surface area (Å²) in [6.07, 6.45) is 0.0618. The first-order valence-corrected chi connectivity index (χ1v) is 10.7. The fourth-order valence-corrected chi connectivity index (χ4v) is 3.78. The van der Waals surface area contributed by atoms with Gasteiger partial charge in [0.15, 0.2) is 0 Å². The van der Waals surface area contributed by atoms with Gasteiger partial charge in [0.05, 0.1) is 5.69 Å². The summed E-state index contributed by atoms with van der Waals surface area (Å²) in [6.45, 7) is 0.461. The lowest BCUT2D eigenvalue weighted by Gasteiger charge is -2.11. The number of benzene rings is 2. The van der Waals surface area contributed by atoms with Crippen LogP contribution in [0.1, 0.15) is 11.3 Å². The summed E-state index contributed by atoms with van der Waals surface area (Å²) in [7, 11) is 0. The van der Waals surface area contributed by atoms with E-state index in [1.165, 1.54) is 12.1 Å². The van der Waals surface area contributed by atoms with Gasteiger partial charge in [0.2, 0.25) is 0 Å². The number of anilines is 1. The molecule has 3 aromatic heterocycles. The zero-order valence-electron chi connectivity index (χ0n) is 18.2. The summed E-state index contributed by atoms with van der Waals surface area (Å²) in [5.41, 5.74) is 2.48. The zero-order chi connectivity index (χ0) is 24.4. The topological polar surface area (TPSA) is 50.7 Å². The highest BCUT2D eigenvalue weighted by Crippen LogP contribution is 2.31. The van der Waals surface area contributed by atoms with E-state index in [9.17, 15) is 17.6 Å². The standard InChI is InChI=1S/C27H18F4N4/c28-22-3-1-2-21(12-22)24-13-20-9-11-33-26(23(20)16-34-24)35-15-17-4-6-18(7-5-17)19-8-10-32-25(14-19)27(29,30)31/h1-14,16H,15H2,(H,33,35). The molecule has 3 heterocycles. The normalized spacial score (nSPS) is 11.5. The first-order chi connectivity index (χ1) is 16.9. The highest BCUT2D eigenvalue weighted by molar-refractivity contribution is 5.93. The van der Waals surface area contributed by atoms with E-state index in [0.29, 0.717) is 34.7 Å². The summed E-state index contributed by atoms with van der Waals surface area (Å²) < 4.78 is 52.4. The Bertz CT molecular complexity index is 1500. The van der Waals surface area contributed by atoms with Crippen molar-refractivity contribution in [3.63, 3.8) is 0 Å². The van der Waals surface area contributed by atoms with Crippen LogP contribution in [0.4, 0.5) is 23.4 Å². The van der Waals surface area contributed by atoms with E-state index < -0.39 is 11.9 Å². The van der Waals surface area contributed by atoms with Gasteiger partial charge in [0, 0.05) is 36.1 Å². The summed E-state index contributed by atoms with van der Waals surface area (Å²) in [4.78, 5) is 12.3. The summed E-state index contributed by atoms with van der Waals surface area (Å²) in [5.74, 6) is 0.325. The lowest BCUT2D eigenvalue weighted by atomic mass is 10.0. The monoisotopic (exact) mass is 474 g/mol. The molecule has 0 saturated heterocycles. The summed E-state index contributed by atoms with van der Waals surface area (Å²) in [5, 5.41) is 5.02. The van der Waals surface area contributed by atoms with Crippen molar-refractivity contribution in [2.24, 2.45) is 0 Å². The number of alkyl halides is 3. The smallest absolute Gasteiger partial charge is 0.365 e. The average Bonchev–Trinajstić information content (AvgIpc) is 2.87. The molecule has 0 atom stereocenters. The predicted molar refractivity (Wildman–Crippen MR) is 127 cm³/mol. The molecule has 0 aliphatic rings. The van der Waals surface area contributed by atoms with Crippen LogP contribution in [0.2, 0.25) is 0 Å². The van der Waals surface area contributed by atoms with Crippen LogP contribution >= 0.6 is 0 Å². The van der Waals surface area contributed by atoms with E-state index in [1.54, 1.807) is 42.7 Å². The molecule has 2 aromatic carbocycles. The largest absolute Gasteiger partial charge is 0.433 e. The number of pyridine rings is 3. The number of halogens is 4. The van der Waals surface area contributed by atoms with Crippen molar-refractivity contribution in [3.8, 4) is 22.4 Å². The van der Waals surface area contributed by atoms with Gasteiger partial charge in [-0.2, -0.15) is 13.2 Å². The Labute approximate surface area is 198 Å². The highest BCUT2D eigenvalue weighted by Gasteiger charge is 2.32. The van der Waals surface area contributed by atoms with Gasteiger partial charge in [-0.3, -0.25) is 9.97 Å². The number of aromatic nitrogens is 3. The number of nitrogens with one attached hydrogen (secondary N) is 1. The van der Waals surface area contributed by atoms with Crippen LogP contribution in [0.5, 0.6) is 0 Å². The van der Waals surface area contributed by atoms with Crippen LogP contribution < -0.4 is 5.32 Å². The van der Waals surface area contributed by atoms with Crippen LogP contribution in [0.3, 0.4) is 0 Å². The number of rotatable bonds is 5. The molecule has 5 aromatic rings. The molecule has 35 heavy (non-hydrogen) atoms. The minimum absolute atomic E-state index is 0.322. The predicted octanol–water partition coefficient (Wildman–Crippen LogP) is 7.13. The Morgan fingerprint density at radius 1 is 0.743 bits per heavy atom. The van der Waals surface area contributed by atoms with Crippen molar-refractivity contribution in [1.82, 2.24) is 15.0 Å². The second kappa shape index (κ2) is 9.13. The molecule has 0 radical (unpaired) electrons. The Balaban J connectivity index is 1.33. The molecule has 1 N–H and O–H groups in total. The molecule has 0 bridgehead atoms. The van der Waals surface area contributed by atoms with Gasteiger partial charge in [-0.25, -0.2) is 9.37 Å². The van der Waals surface area contributed by atoms with E-state index >= 15 is 0 Å². The van der Waals surface area contributed by atoms with Crippen molar-refractivity contribution >= 4 is 16.6 Å². The Morgan fingerprint density at radius 2 is 1.54 bits per heavy atom. The van der Waals surface area contributed by atoms with Gasteiger partial charge < -0.3 is 5.32 Å². The zero-order valence-corrected chi connectivity index (χ0v) is 18.2. The third-order valence-electron chi connectivity index (χ3n) is 5.57. The van der Waals surface area contributed by atoms with Gasteiger partial charge >= 0.3 is 6.18 Å². The van der Waals surface area contributed by atoms with Gasteiger partial charge in [0.1, 0.15) is 17.3 Å². The molecule has 0 spiro atoms.